The maximum Gasteiger partial charge on any atom is 0.177 e. The summed E-state index contributed by atoms with van der Waals surface area (Å²) in [6.45, 7) is 4.11. The van der Waals surface area contributed by atoms with Gasteiger partial charge in [-0.2, -0.15) is 0 Å². The highest BCUT2D eigenvalue weighted by Crippen LogP contribution is 2.33. The number of benzene rings is 3. The van der Waals surface area contributed by atoms with Gasteiger partial charge in [-0.25, -0.2) is 0 Å². The molecule has 0 atom stereocenters. The summed E-state index contributed by atoms with van der Waals surface area (Å²) in [5.41, 5.74) is 12.7. The lowest BCUT2D eigenvalue weighted by molar-refractivity contribution is 0.100. The average molecular weight is 315 g/mol. The van der Waals surface area contributed by atoms with Crippen LogP contribution in [0.25, 0.3) is 22.3 Å². The minimum Gasteiger partial charge on any atom is -0.324 e. The molecule has 0 spiro atoms. The molecule has 3 rings (SSSR count). The van der Waals surface area contributed by atoms with Gasteiger partial charge < -0.3 is 5.73 Å². The highest BCUT2D eigenvalue weighted by Gasteiger charge is 2.17. The Hall–Kier alpha value is -2.71. The molecule has 3 aromatic rings. The second kappa shape index (κ2) is 6.81. The molecule has 2 nitrogen and oxygen atoms in total. The van der Waals surface area contributed by atoms with Gasteiger partial charge in [0.1, 0.15) is 0 Å². The summed E-state index contributed by atoms with van der Waals surface area (Å²) >= 11 is 0. The molecular weight excluding hydrogens is 294 g/mol. The van der Waals surface area contributed by atoms with Crippen LogP contribution >= 0.6 is 0 Å². The molecule has 120 valence electrons. The number of hydrogen-bond acceptors (Lipinski definition) is 2. The number of carbonyl (C=O) groups excluding carboxylic acids is 1. The van der Waals surface area contributed by atoms with Crippen LogP contribution in [0.2, 0.25) is 0 Å². The second-order valence-electron chi connectivity index (χ2n) is 6.09. The molecule has 0 bridgehead atoms. The van der Waals surface area contributed by atoms with E-state index in [0.717, 1.165) is 22.3 Å². The van der Waals surface area contributed by atoms with Crippen molar-refractivity contribution < 1.29 is 4.79 Å². The van der Waals surface area contributed by atoms with Crippen molar-refractivity contribution in [3.05, 3.63) is 83.4 Å². The van der Waals surface area contributed by atoms with Gasteiger partial charge in [-0.15, -0.1) is 0 Å². The van der Waals surface area contributed by atoms with Gasteiger partial charge in [-0.05, 0) is 36.1 Å². The van der Waals surface area contributed by atoms with Gasteiger partial charge >= 0.3 is 0 Å². The lowest BCUT2D eigenvalue weighted by Crippen LogP contribution is -2.15. The number of aryl methyl sites for hydroxylation is 2. The zero-order chi connectivity index (χ0) is 17.1. The van der Waals surface area contributed by atoms with Crippen molar-refractivity contribution in [2.75, 3.05) is 6.54 Å². The van der Waals surface area contributed by atoms with Crippen molar-refractivity contribution in [3.63, 3.8) is 0 Å². The Labute approximate surface area is 143 Å². The zero-order valence-corrected chi connectivity index (χ0v) is 14.0. The largest absolute Gasteiger partial charge is 0.324 e. The number of rotatable bonds is 4. The highest BCUT2D eigenvalue weighted by atomic mass is 16.1. The van der Waals surface area contributed by atoms with E-state index in [1.807, 2.05) is 42.5 Å². The lowest BCUT2D eigenvalue weighted by atomic mass is 9.88. The van der Waals surface area contributed by atoms with Gasteiger partial charge in [0.15, 0.2) is 5.78 Å². The molecular formula is C22H21NO. The molecule has 2 N–H and O–H groups in total. The fraction of sp³-hybridized carbons (Fsp3) is 0.136. The number of ketones is 1. The second-order valence-corrected chi connectivity index (χ2v) is 6.09. The molecule has 0 fully saturated rings. The summed E-state index contributed by atoms with van der Waals surface area (Å²) in [6.07, 6.45) is 0. The maximum absolute atomic E-state index is 12.6. The quantitative estimate of drug-likeness (QED) is 0.704. The van der Waals surface area contributed by atoms with E-state index in [9.17, 15) is 4.79 Å². The third-order valence-electron chi connectivity index (χ3n) is 4.19. The summed E-state index contributed by atoms with van der Waals surface area (Å²) in [5, 5.41) is 0. The fourth-order valence-electron chi connectivity index (χ4n) is 3.06. The van der Waals surface area contributed by atoms with E-state index >= 15 is 0 Å². The van der Waals surface area contributed by atoms with Crippen LogP contribution < -0.4 is 5.73 Å². The minimum absolute atomic E-state index is 0.00163. The van der Waals surface area contributed by atoms with Gasteiger partial charge in [0.2, 0.25) is 0 Å². The van der Waals surface area contributed by atoms with Gasteiger partial charge in [0.05, 0.1) is 6.54 Å². The van der Waals surface area contributed by atoms with Crippen LogP contribution in [-0.4, -0.2) is 12.3 Å². The summed E-state index contributed by atoms with van der Waals surface area (Å²) in [7, 11) is 0. The first-order valence-electron chi connectivity index (χ1n) is 8.10. The Morgan fingerprint density at radius 2 is 1.25 bits per heavy atom. The van der Waals surface area contributed by atoms with E-state index in [1.54, 1.807) is 0 Å². The standard InChI is InChI=1S/C22H21NO/c1-15-6-3-8-17(12-15)19-10-5-11-20(22(19)21(24)14-23)18-9-4-7-16(2)13-18/h3-13H,14,23H2,1-2H3. The van der Waals surface area contributed by atoms with E-state index in [0.29, 0.717) is 5.56 Å². The number of carbonyl (C=O) groups is 1. The molecule has 0 aliphatic heterocycles. The van der Waals surface area contributed by atoms with E-state index in [4.69, 9.17) is 5.73 Å². The maximum atomic E-state index is 12.6. The smallest absolute Gasteiger partial charge is 0.177 e. The number of nitrogens with two attached hydrogens (primary N) is 1. The molecule has 3 aromatic carbocycles. The van der Waals surface area contributed by atoms with Crippen LogP contribution in [0.3, 0.4) is 0 Å². The van der Waals surface area contributed by atoms with E-state index in [-0.39, 0.29) is 12.3 Å². The normalized spacial score (nSPS) is 10.6. The Kier molecular flexibility index (Phi) is 4.59. The molecule has 0 saturated heterocycles. The Morgan fingerprint density at radius 1 is 0.792 bits per heavy atom. The Balaban J connectivity index is 2.28. The average Bonchev–Trinajstić information content (AvgIpc) is 2.60. The van der Waals surface area contributed by atoms with Crippen LogP contribution in [0.4, 0.5) is 0 Å². The highest BCUT2D eigenvalue weighted by molar-refractivity contribution is 6.09. The molecule has 0 aromatic heterocycles. The topological polar surface area (TPSA) is 43.1 Å². The third kappa shape index (κ3) is 3.15. The summed E-state index contributed by atoms with van der Waals surface area (Å²) < 4.78 is 0. The predicted molar refractivity (Wildman–Crippen MR) is 100 cm³/mol. The van der Waals surface area contributed by atoms with Crippen molar-refractivity contribution >= 4 is 5.78 Å². The van der Waals surface area contributed by atoms with Crippen molar-refractivity contribution in [1.29, 1.82) is 0 Å². The van der Waals surface area contributed by atoms with E-state index in [2.05, 4.69) is 38.1 Å². The van der Waals surface area contributed by atoms with Crippen molar-refractivity contribution in [2.24, 2.45) is 5.73 Å². The molecule has 2 heteroatoms. The predicted octanol–water partition coefficient (Wildman–Crippen LogP) is 4.78. The van der Waals surface area contributed by atoms with Gasteiger partial charge in [0, 0.05) is 5.56 Å². The van der Waals surface area contributed by atoms with Crippen LogP contribution in [0, 0.1) is 13.8 Å². The molecule has 0 unspecified atom stereocenters. The summed E-state index contributed by atoms with van der Waals surface area (Å²) in [4.78, 5) is 12.6. The van der Waals surface area contributed by atoms with Crippen molar-refractivity contribution in [1.82, 2.24) is 0 Å². The third-order valence-corrected chi connectivity index (χ3v) is 4.19. The molecule has 0 radical (unpaired) electrons. The van der Waals surface area contributed by atoms with Gasteiger partial charge in [0.25, 0.3) is 0 Å². The van der Waals surface area contributed by atoms with Gasteiger partial charge in [-0.3, -0.25) is 4.79 Å². The monoisotopic (exact) mass is 315 g/mol. The van der Waals surface area contributed by atoms with E-state index < -0.39 is 0 Å². The molecule has 24 heavy (non-hydrogen) atoms. The number of Topliss-reactive ketones (excluding diaryl/α,β-unsaturated/α-hetero) is 1. The van der Waals surface area contributed by atoms with Crippen LogP contribution in [0.5, 0.6) is 0 Å². The first kappa shape index (κ1) is 16.2. The summed E-state index contributed by atoms with van der Waals surface area (Å²) in [6, 6.07) is 22.4. The van der Waals surface area contributed by atoms with Crippen LogP contribution in [0.15, 0.2) is 66.7 Å². The lowest BCUT2D eigenvalue weighted by Gasteiger charge is -2.15. The SMILES string of the molecule is Cc1cccc(-c2cccc(-c3cccc(C)c3)c2C(=O)CN)c1. The Bertz CT molecular complexity index is 832. The number of hydrogen-bond donors (Lipinski definition) is 1. The minimum atomic E-state index is -0.0383. The van der Waals surface area contributed by atoms with Crippen LogP contribution in [0.1, 0.15) is 21.5 Å². The summed E-state index contributed by atoms with van der Waals surface area (Å²) in [5.74, 6) is -0.0383. The van der Waals surface area contributed by atoms with Crippen molar-refractivity contribution in [2.45, 2.75) is 13.8 Å². The first-order valence-corrected chi connectivity index (χ1v) is 8.10. The molecule has 0 aliphatic carbocycles. The molecule has 0 aliphatic rings. The molecule has 0 heterocycles. The van der Waals surface area contributed by atoms with Gasteiger partial charge in [-0.1, -0.05) is 77.9 Å². The van der Waals surface area contributed by atoms with Crippen LogP contribution in [-0.2, 0) is 0 Å². The molecule has 0 amide bonds. The molecule has 0 saturated carbocycles. The van der Waals surface area contributed by atoms with Crippen molar-refractivity contribution in [3.8, 4) is 22.3 Å². The van der Waals surface area contributed by atoms with E-state index in [1.165, 1.54) is 11.1 Å². The Morgan fingerprint density at radius 3 is 1.67 bits per heavy atom. The zero-order valence-electron chi connectivity index (χ0n) is 14.0. The fourth-order valence-corrected chi connectivity index (χ4v) is 3.06. The first-order chi connectivity index (χ1) is 11.6.